The van der Waals surface area contributed by atoms with Crippen LogP contribution in [0.2, 0.25) is 0 Å². The lowest BCUT2D eigenvalue weighted by molar-refractivity contribution is -0.137. The molecule has 2 aromatic carbocycles. The summed E-state index contributed by atoms with van der Waals surface area (Å²) >= 11 is 0. The molecule has 0 bridgehead atoms. The first-order valence-corrected chi connectivity index (χ1v) is 7.56. The standard InChI is InChI=1S/C18H16F3N3O2/c1-11-7-8-14(9-12(11)2)23-16(25)17(26)24-22-10-13-5-3-4-6-15(13)18(19,20)21/h3-10H,1-2H3,(H,23,25)(H,24,26)/b22-10+. The Kier molecular flexibility index (Phi) is 5.76. The van der Waals surface area contributed by atoms with E-state index < -0.39 is 23.6 Å². The predicted molar refractivity (Wildman–Crippen MR) is 91.7 cm³/mol. The number of alkyl halides is 3. The molecular formula is C18H16F3N3O2. The zero-order chi connectivity index (χ0) is 19.3. The number of nitrogens with one attached hydrogen (secondary N) is 2. The average Bonchev–Trinajstić information content (AvgIpc) is 2.57. The van der Waals surface area contributed by atoms with Gasteiger partial charge in [-0.25, -0.2) is 5.43 Å². The fourth-order valence-electron chi connectivity index (χ4n) is 2.09. The van der Waals surface area contributed by atoms with Gasteiger partial charge in [-0.3, -0.25) is 9.59 Å². The molecule has 26 heavy (non-hydrogen) atoms. The highest BCUT2D eigenvalue weighted by molar-refractivity contribution is 6.39. The van der Waals surface area contributed by atoms with E-state index >= 15 is 0 Å². The maximum absolute atomic E-state index is 12.9. The van der Waals surface area contributed by atoms with Crippen LogP contribution in [-0.4, -0.2) is 18.0 Å². The molecule has 2 aromatic rings. The molecule has 0 heterocycles. The van der Waals surface area contributed by atoms with Gasteiger partial charge in [0.25, 0.3) is 0 Å². The molecule has 0 spiro atoms. The van der Waals surface area contributed by atoms with Crippen LogP contribution in [0.25, 0.3) is 0 Å². The molecule has 0 aliphatic heterocycles. The van der Waals surface area contributed by atoms with Gasteiger partial charge in [-0.1, -0.05) is 24.3 Å². The molecule has 0 aromatic heterocycles. The highest BCUT2D eigenvalue weighted by atomic mass is 19.4. The number of rotatable bonds is 3. The summed E-state index contributed by atoms with van der Waals surface area (Å²) < 4.78 is 38.6. The molecule has 0 saturated heterocycles. The minimum Gasteiger partial charge on any atom is -0.318 e. The Bertz CT molecular complexity index is 861. The molecule has 0 fully saturated rings. The molecule has 2 amide bonds. The van der Waals surface area contributed by atoms with Crippen molar-refractivity contribution in [3.05, 3.63) is 64.7 Å². The molecule has 0 saturated carbocycles. The van der Waals surface area contributed by atoms with Crippen molar-refractivity contribution in [1.29, 1.82) is 0 Å². The minimum atomic E-state index is -4.55. The Balaban J connectivity index is 2.01. The maximum atomic E-state index is 12.9. The van der Waals surface area contributed by atoms with Crippen molar-refractivity contribution in [2.45, 2.75) is 20.0 Å². The Labute approximate surface area is 147 Å². The highest BCUT2D eigenvalue weighted by Crippen LogP contribution is 2.31. The van der Waals surface area contributed by atoms with Crippen molar-refractivity contribution in [3.63, 3.8) is 0 Å². The Morgan fingerprint density at radius 1 is 1.00 bits per heavy atom. The van der Waals surface area contributed by atoms with Gasteiger partial charge in [-0.05, 0) is 43.2 Å². The lowest BCUT2D eigenvalue weighted by Gasteiger charge is -2.09. The summed E-state index contributed by atoms with van der Waals surface area (Å²) in [6.45, 7) is 3.76. The second kappa shape index (κ2) is 7.81. The number of anilines is 1. The molecule has 0 unspecified atom stereocenters. The van der Waals surface area contributed by atoms with Gasteiger partial charge in [-0.15, -0.1) is 0 Å². The quantitative estimate of drug-likeness (QED) is 0.498. The van der Waals surface area contributed by atoms with Crippen LogP contribution in [0.3, 0.4) is 0 Å². The van der Waals surface area contributed by atoms with Crippen LogP contribution in [0, 0.1) is 13.8 Å². The third-order valence-corrected chi connectivity index (χ3v) is 3.61. The number of hydrogen-bond donors (Lipinski definition) is 2. The van der Waals surface area contributed by atoms with Crippen LogP contribution in [0.15, 0.2) is 47.6 Å². The van der Waals surface area contributed by atoms with Gasteiger partial charge < -0.3 is 5.32 Å². The molecule has 0 aliphatic rings. The van der Waals surface area contributed by atoms with Crippen LogP contribution in [-0.2, 0) is 15.8 Å². The first-order valence-electron chi connectivity index (χ1n) is 7.56. The SMILES string of the molecule is Cc1ccc(NC(=O)C(=O)N/N=C/c2ccccc2C(F)(F)F)cc1C. The normalized spacial score (nSPS) is 11.4. The number of carbonyl (C=O) groups excluding carboxylic acids is 2. The number of benzene rings is 2. The molecule has 5 nitrogen and oxygen atoms in total. The van der Waals surface area contributed by atoms with Crippen LogP contribution < -0.4 is 10.7 Å². The van der Waals surface area contributed by atoms with E-state index in [0.717, 1.165) is 23.4 Å². The molecular weight excluding hydrogens is 347 g/mol. The molecule has 0 radical (unpaired) electrons. The maximum Gasteiger partial charge on any atom is 0.417 e. The Morgan fingerprint density at radius 2 is 1.69 bits per heavy atom. The summed E-state index contributed by atoms with van der Waals surface area (Å²) in [7, 11) is 0. The molecule has 0 atom stereocenters. The fourth-order valence-corrected chi connectivity index (χ4v) is 2.09. The van der Waals surface area contributed by atoms with Gasteiger partial charge in [0, 0.05) is 11.3 Å². The summed E-state index contributed by atoms with van der Waals surface area (Å²) in [5.74, 6) is -2.07. The smallest absolute Gasteiger partial charge is 0.318 e. The van der Waals surface area contributed by atoms with Crippen LogP contribution in [0.4, 0.5) is 18.9 Å². The zero-order valence-corrected chi connectivity index (χ0v) is 14.0. The minimum absolute atomic E-state index is 0.227. The third kappa shape index (κ3) is 4.92. The van der Waals surface area contributed by atoms with E-state index in [9.17, 15) is 22.8 Å². The van der Waals surface area contributed by atoms with Gasteiger partial charge in [0.05, 0.1) is 11.8 Å². The van der Waals surface area contributed by atoms with Crippen molar-refractivity contribution < 1.29 is 22.8 Å². The van der Waals surface area contributed by atoms with Crippen molar-refractivity contribution in [2.24, 2.45) is 5.10 Å². The number of halogens is 3. The first kappa shape index (κ1) is 19.2. The number of aryl methyl sites for hydroxylation is 2. The largest absolute Gasteiger partial charge is 0.417 e. The number of hydrazone groups is 1. The predicted octanol–water partition coefficient (Wildman–Crippen LogP) is 3.41. The molecule has 0 aliphatic carbocycles. The van der Waals surface area contributed by atoms with Gasteiger partial charge >= 0.3 is 18.0 Å². The van der Waals surface area contributed by atoms with E-state index in [4.69, 9.17) is 0 Å². The number of amides is 2. The van der Waals surface area contributed by atoms with Crippen molar-refractivity contribution in [2.75, 3.05) is 5.32 Å². The summed E-state index contributed by atoms with van der Waals surface area (Å²) in [6, 6.07) is 9.87. The Morgan fingerprint density at radius 3 is 2.35 bits per heavy atom. The number of hydrogen-bond acceptors (Lipinski definition) is 3. The van der Waals surface area contributed by atoms with E-state index in [1.165, 1.54) is 18.2 Å². The number of nitrogens with zero attached hydrogens (tertiary/aromatic N) is 1. The molecule has 136 valence electrons. The molecule has 2 N–H and O–H groups in total. The van der Waals surface area contributed by atoms with E-state index in [2.05, 4.69) is 10.4 Å². The molecule has 2 rings (SSSR count). The summed E-state index contributed by atoms with van der Waals surface area (Å²) in [6.07, 6.45) is -3.71. The first-order chi connectivity index (χ1) is 12.2. The Hall–Kier alpha value is -3.16. The zero-order valence-electron chi connectivity index (χ0n) is 14.0. The summed E-state index contributed by atoms with van der Waals surface area (Å²) in [5, 5.41) is 5.81. The lowest BCUT2D eigenvalue weighted by atomic mass is 10.1. The molecule has 8 heteroatoms. The van der Waals surface area contributed by atoms with E-state index in [-0.39, 0.29) is 5.56 Å². The monoisotopic (exact) mass is 363 g/mol. The van der Waals surface area contributed by atoms with Crippen molar-refractivity contribution >= 4 is 23.7 Å². The van der Waals surface area contributed by atoms with Crippen LogP contribution in [0.1, 0.15) is 22.3 Å². The average molecular weight is 363 g/mol. The van der Waals surface area contributed by atoms with E-state index in [1.807, 2.05) is 19.3 Å². The highest BCUT2D eigenvalue weighted by Gasteiger charge is 2.32. The van der Waals surface area contributed by atoms with Crippen molar-refractivity contribution in [3.8, 4) is 0 Å². The van der Waals surface area contributed by atoms with Crippen LogP contribution in [0.5, 0.6) is 0 Å². The lowest BCUT2D eigenvalue weighted by Crippen LogP contribution is -2.32. The van der Waals surface area contributed by atoms with Gasteiger partial charge in [0.1, 0.15) is 0 Å². The fraction of sp³-hybridized carbons (Fsp3) is 0.167. The third-order valence-electron chi connectivity index (χ3n) is 3.61. The summed E-state index contributed by atoms with van der Waals surface area (Å²) in [4.78, 5) is 23.5. The van der Waals surface area contributed by atoms with Gasteiger partial charge in [0.15, 0.2) is 0 Å². The van der Waals surface area contributed by atoms with Gasteiger partial charge in [-0.2, -0.15) is 18.3 Å². The summed E-state index contributed by atoms with van der Waals surface area (Å²) in [5.41, 5.74) is 3.18. The topological polar surface area (TPSA) is 70.6 Å². The van der Waals surface area contributed by atoms with Crippen LogP contribution >= 0.6 is 0 Å². The van der Waals surface area contributed by atoms with E-state index in [0.29, 0.717) is 5.69 Å². The van der Waals surface area contributed by atoms with Gasteiger partial charge in [0.2, 0.25) is 0 Å². The van der Waals surface area contributed by atoms with Crippen molar-refractivity contribution in [1.82, 2.24) is 5.43 Å². The second-order valence-corrected chi connectivity index (χ2v) is 5.54. The second-order valence-electron chi connectivity index (χ2n) is 5.54. The number of carbonyl (C=O) groups is 2. The van der Waals surface area contributed by atoms with E-state index in [1.54, 1.807) is 18.2 Å².